The number of aryl methyl sites for hydroxylation is 1. The summed E-state index contributed by atoms with van der Waals surface area (Å²) in [5.41, 5.74) is -0.663. The molecule has 116 valence electrons. The number of carbonyl (C=O) groups excluding carboxylic acids is 3. The fourth-order valence-electron chi connectivity index (χ4n) is 1.34. The van der Waals surface area contributed by atoms with Gasteiger partial charge in [-0.05, 0) is 34.6 Å². The first-order valence-electron chi connectivity index (χ1n) is 6.33. The van der Waals surface area contributed by atoms with Gasteiger partial charge in [-0.1, -0.05) is 0 Å². The van der Waals surface area contributed by atoms with E-state index >= 15 is 0 Å². The third kappa shape index (κ3) is 5.14. The maximum absolute atomic E-state index is 11.8. The quantitative estimate of drug-likeness (QED) is 0.521. The van der Waals surface area contributed by atoms with Crippen molar-refractivity contribution in [3.8, 4) is 0 Å². The lowest BCUT2D eigenvalue weighted by molar-refractivity contribution is -0.137. The molecule has 21 heavy (non-hydrogen) atoms. The Balaban J connectivity index is 2.81. The van der Waals surface area contributed by atoms with Crippen LogP contribution in [0.2, 0.25) is 0 Å². The Hall–Kier alpha value is -1.96. The molecule has 7 nitrogen and oxygen atoms in total. The van der Waals surface area contributed by atoms with E-state index in [2.05, 4.69) is 15.0 Å². The number of hydrogen-bond donors (Lipinski definition) is 1. The number of rotatable bonds is 4. The second-order valence-corrected chi connectivity index (χ2v) is 6.30. The van der Waals surface area contributed by atoms with Crippen LogP contribution in [0, 0.1) is 6.92 Å². The summed E-state index contributed by atoms with van der Waals surface area (Å²) in [6.45, 7) is 8.54. The maximum atomic E-state index is 11.8. The lowest BCUT2D eigenvalue weighted by Gasteiger charge is -2.18. The van der Waals surface area contributed by atoms with Crippen molar-refractivity contribution in [1.29, 1.82) is 0 Å². The summed E-state index contributed by atoms with van der Waals surface area (Å²) in [4.78, 5) is 39.3. The predicted molar refractivity (Wildman–Crippen MR) is 77.7 cm³/mol. The Morgan fingerprint density at radius 1 is 1.29 bits per heavy atom. The first kappa shape index (κ1) is 17.1. The number of amides is 1. The second-order valence-electron chi connectivity index (χ2n) is 5.10. The highest BCUT2D eigenvalue weighted by atomic mass is 32.1. The highest BCUT2D eigenvalue weighted by Gasteiger charge is 2.25. The molecular weight excluding hydrogens is 296 g/mol. The van der Waals surface area contributed by atoms with Crippen LogP contribution in [-0.2, 0) is 14.3 Å². The van der Waals surface area contributed by atoms with E-state index in [0.717, 1.165) is 11.3 Å². The number of ketones is 1. The Morgan fingerprint density at radius 3 is 2.43 bits per heavy atom. The third-order valence-corrected chi connectivity index (χ3v) is 2.97. The van der Waals surface area contributed by atoms with Crippen molar-refractivity contribution in [3.63, 3.8) is 0 Å². The second kappa shape index (κ2) is 6.66. The first-order chi connectivity index (χ1) is 9.64. The van der Waals surface area contributed by atoms with Crippen molar-refractivity contribution in [2.75, 3.05) is 11.9 Å². The summed E-state index contributed by atoms with van der Waals surface area (Å²) in [5, 5.41) is 2.62. The minimum Gasteiger partial charge on any atom is -0.460 e. The molecule has 0 aliphatic carbocycles. The Bertz CT molecular complexity index is 559. The molecule has 0 aliphatic rings. The van der Waals surface area contributed by atoms with Crippen LogP contribution in [0.15, 0.2) is 0 Å². The number of anilines is 1. The van der Waals surface area contributed by atoms with E-state index in [0.29, 0.717) is 4.88 Å². The zero-order valence-electron chi connectivity index (χ0n) is 12.6. The van der Waals surface area contributed by atoms with Crippen LogP contribution in [0.1, 0.15) is 43.1 Å². The van der Waals surface area contributed by atoms with Crippen LogP contribution in [0.5, 0.6) is 0 Å². The average molecular weight is 314 g/mol. The molecule has 0 unspecified atom stereocenters. The van der Waals surface area contributed by atoms with E-state index in [9.17, 15) is 14.4 Å². The van der Waals surface area contributed by atoms with Crippen molar-refractivity contribution in [2.45, 2.75) is 40.2 Å². The van der Waals surface area contributed by atoms with E-state index in [4.69, 9.17) is 4.74 Å². The highest BCUT2D eigenvalue weighted by molar-refractivity contribution is 7.16. The van der Waals surface area contributed by atoms with Gasteiger partial charge in [-0.25, -0.2) is 14.6 Å². The average Bonchev–Trinajstić information content (AvgIpc) is 2.66. The molecule has 1 rings (SSSR count). The molecule has 0 aromatic carbocycles. The topological polar surface area (TPSA) is 94.6 Å². The number of ether oxygens (including phenoxy) is 2. The molecule has 1 aromatic heterocycles. The van der Waals surface area contributed by atoms with Gasteiger partial charge < -0.3 is 9.47 Å². The van der Waals surface area contributed by atoms with Gasteiger partial charge in [0.05, 0.1) is 6.61 Å². The molecule has 0 spiro atoms. The number of nitrogens with one attached hydrogen (secondary N) is 1. The molecule has 8 heteroatoms. The van der Waals surface area contributed by atoms with E-state index in [-0.39, 0.29) is 17.4 Å². The number of thiazole rings is 1. The Labute approximate surface area is 126 Å². The molecule has 1 amide bonds. The summed E-state index contributed by atoms with van der Waals surface area (Å²) < 4.78 is 9.71. The number of aromatic nitrogens is 1. The molecule has 0 saturated heterocycles. The van der Waals surface area contributed by atoms with Gasteiger partial charge in [0.15, 0.2) is 5.13 Å². The van der Waals surface area contributed by atoms with Crippen LogP contribution in [0.25, 0.3) is 0 Å². The van der Waals surface area contributed by atoms with E-state index in [1.165, 1.54) is 0 Å². The van der Waals surface area contributed by atoms with Gasteiger partial charge in [-0.2, -0.15) is 0 Å². The molecule has 1 aromatic rings. The molecule has 1 heterocycles. The summed E-state index contributed by atoms with van der Waals surface area (Å²) in [6.07, 6.45) is -0.675. The van der Waals surface area contributed by atoms with Gasteiger partial charge in [0, 0.05) is 4.88 Å². The van der Waals surface area contributed by atoms with Gasteiger partial charge in [-0.15, -0.1) is 11.3 Å². The number of nitrogens with zero attached hydrogens (tertiary/aromatic N) is 1. The van der Waals surface area contributed by atoms with Gasteiger partial charge in [0.25, 0.3) is 5.78 Å². The van der Waals surface area contributed by atoms with Crippen LogP contribution in [-0.4, -0.2) is 35.0 Å². The highest BCUT2D eigenvalue weighted by Crippen LogP contribution is 2.23. The van der Waals surface area contributed by atoms with Crippen LogP contribution in [0.4, 0.5) is 9.93 Å². The Kier molecular flexibility index (Phi) is 5.42. The lowest BCUT2D eigenvalue weighted by Crippen LogP contribution is -2.27. The maximum Gasteiger partial charge on any atom is 0.413 e. The van der Waals surface area contributed by atoms with Crippen molar-refractivity contribution < 1.29 is 23.9 Å². The summed E-state index contributed by atoms with van der Waals surface area (Å²) >= 11 is 1.08. The zero-order valence-corrected chi connectivity index (χ0v) is 13.4. The van der Waals surface area contributed by atoms with Crippen molar-refractivity contribution in [1.82, 2.24) is 4.98 Å². The molecule has 0 aliphatic heterocycles. The molecule has 0 fully saturated rings. The zero-order chi connectivity index (χ0) is 16.2. The minimum absolute atomic E-state index is 0.0236. The first-order valence-corrected chi connectivity index (χ1v) is 7.14. The monoisotopic (exact) mass is 314 g/mol. The summed E-state index contributed by atoms with van der Waals surface area (Å²) in [7, 11) is 0. The number of esters is 1. The molecule has 1 N–H and O–H groups in total. The van der Waals surface area contributed by atoms with Gasteiger partial charge in [0.1, 0.15) is 11.3 Å². The van der Waals surface area contributed by atoms with Gasteiger partial charge >= 0.3 is 12.1 Å². The summed E-state index contributed by atoms with van der Waals surface area (Å²) in [6, 6.07) is 0. The van der Waals surface area contributed by atoms with E-state index in [1.54, 1.807) is 34.6 Å². The number of Topliss-reactive ketones (excluding diaryl/α,β-unsaturated/α-hetero) is 1. The van der Waals surface area contributed by atoms with Crippen molar-refractivity contribution in [2.24, 2.45) is 0 Å². The van der Waals surface area contributed by atoms with Crippen LogP contribution in [0.3, 0.4) is 0 Å². The lowest BCUT2D eigenvalue weighted by atomic mass is 10.2. The largest absolute Gasteiger partial charge is 0.460 e. The SMILES string of the molecule is CCOC(=O)C(=O)c1nc(NC(=O)OC(C)(C)C)sc1C. The Morgan fingerprint density at radius 2 is 1.90 bits per heavy atom. The standard InChI is InChI=1S/C13H18N2O5S/c1-6-19-10(17)9(16)8-7(2)21-11(14-8)15-12(18)20-13(3,4)5/h6H2,1-5H3,(H,14,15,18). The van der Waals surface area contributed by atoms with Gasteiger partial charge in [0.2, 0.25) is 0 Å². The minimum atomic E-state index is -0.963. The van der Waals surface area contributed by atoms with E-state index in [1.807, 2.05) is 0 Å². The fourth-order valence-corrected chi connectivity index (χ4v) is 2.14. The third-order valence-electron chi connectivity index (χ3n) is 2.08. The van der Waals surface area contributed by atoms with Crippen LogP contribution < -0.4 is 5.32 Å². The molecule has 0 atom stereocenters. The molecule has 0 saturated carbocycles. The van der Waals surface area contributed by atoms with Crippen molar-refractivity contribution in [3.05, 3.63) is 10.6 Å². The van der Waals surface area contributed by atoms with Gasteiger partial charge in [-0.3, -0.25) is 10.1 Å². The van der Waals surface area contributed by atoms with Crippen LogP contribution >= 0.6 is 11.3 Å². The van der Waals surface area contributed by atoms with E-state index < -0.39 is 23.4 Å². The smallest absolute Gasteiger partial charge is 0.413 e. The molecule has 0 radical (unpaired) electrons. The van der Waals surface area contributed by atoms with Crippen molar-refractivity contribution >= 4 is 34.3 Å². The normalized spacial score (nSPS) is 10.9. The fraction of sp³-hybridized carbons (Fsp3) is 0.538. The summed E-state index contributed by atoms with van der Waals surface area (Å²) in [5.74, 6) is -1.79. The molecule has 0 bridgehead atoms. The predicted octanol–water partition coefficient (Wildman–Crippen LogP) is 2.54. The number of hydrogen-bond acceptors (Lipinski definition) is 7. The number of carbonyl (C=O) groups is 3. The molecular formula is C13H18N2O5S.